The van der Waals surface area contributed by atoms with Crippen molar-refractivity contribution in [1.82, 2.24) is 5.32 Å². The molecular weight excluding hydrogens is 414 g/mol. The van der Waals surface area contributed by atoms with Crippen molar-refractivity contribution in [3.05, 3.63) is 54.1 Å². The number of fused-ring (bicyclic) bond motifs is 1. The fraction of sp³-hybridized carbons (Fsp3) is 0.348. The summed E-state index contributed by atoms with van der Waals surface area (Å²) in [6, 6.07) is 10.6. The number of nitrogens with one attached hydrogen (secondary N) is 1. The van der Waals surface area contributed by atoms with Crippen molar-refractivity contribution >= 4 is 32.7 Å². The lowest BCUT2D eigenvalue weighted by atomic mass is 9.98. The summed E-state index contributed by atoms with van der Waals surface area (Å²) in [6.07, 6.45) is 4.62. The number of hydrogen-bond donors (Lipinski definition) is 3. The van der Waals surface area contributed by atoms with Gasteiger partial charge in [0.25, 0.3) is 0 Å². The highest BCUT2D eigenvalue weighted by molar-refractivity contribution is 7.87. The number of allylic oxidation sites excluding steroid dienone is 1. The zero-order chi connectivity index (χ0) is 23.1. The number of rotatable bonds is 9. The molecule has 1 amide bonds. The lowest BCUT2D eigenvalue weighted by Gasteiger charge is -2.22. The molecule has 0 aliphatic carbocycles. The van der Waals surface area contributed by atoms with Gasteiger partial charge in [-0.1, -0.05) is 48.2 Å². The van der Waals surface area contributed by atoms with Crippen LogP contribution in [0.3, 0.4) is 0 Å². The molecule has 0 aromatic heterocycles. The average molecular weight is 444 g/mol. The van der Waals surface area contributed by atoms with Crippen molar-refractivity contribution in [3.63, 3.8) is 0 Å². The predicted molar refractivity (Wildman–Crippen MR) is 125 cm³/mol. The zero-order valence-electron chi connectivity index (χ0n) is 18.1. The molecule has 2 aromatic rings. The third-order valence-electron chi connectivity index (χ3n) is 4.27. The van der Waals surface area contributed by atoms with Crippen LogP contribution >= 0.6 is 0 Å². The summed E-state index contributed by atoms with van der Waals surface area (Å²) >= 11 is 0. The van der Waals surface area contributed by atoms with E-state index in [1.54, 1.807) is 12.1 Å². The van der Waals surface area contributed by atoms with Crippen LogP contribution in [0.25, 0.3) is 10.8 Å². The molecule has 4 N–H and O–H groups in total. The molecule has 0 spiro atoms. The van der Waals surface area contributed by atoms with E-state index in [4.69, 9.17) is 5.73 Å². The molecule has 0 heterocycles. The second-order valence-corrected chi connectivity index (χ2v) is 9.47. The molecular formula is C23H29N3O4S. The van der Waals surface area contributed by atoms with E-state index in [1.165, 1.54) is 0 Å². The van der Waals surface area contributed by atoms with Crippen LogP contribution in [-0.4, -0.2) is 32.0 Å². The van der Waals surface area contributed by atoms with Crippen LogP contribution in [0.2, 0.25) is 0 Å². The molecule has 7 nitrogen and oxygen atoms in total. The SMILES string of the molecule is CC(C)(C)C#C/C=C/CCNCc1cccc2cccc(N(CC(N)=O)S(=O)(=O)O)c12. The van der Waals surface area contributed by atoms with E-state index in [9.17, 15) is 17.8 Å². The summed E-state index contributed by atoms with van der Waals surface area (Å²) in [5.74, 6) is 5.29. The van der Waals surface area contributed by atoms with Crippen LogP contribution in [-0.2, 0) is 21.6 Å². The van der Waals surface area contributed by atoms with Crippen molar-refractivity contribution in [1.29, 1.82) is 0 Å². The molecule has 31 heavy (non-hydrogen) atoms. The maximum Gasteiger partial charge on any atom is 0.360 e. The Labute approximate surface area is 184 Å². The second-order valence-electron chi connectivity index (χ2n) is 8.13. The van der Waals surface area contributed by atoms with Crippen LogP contribution in [0.5, 0.6) is 0 Å². The number of nitrogens with zero attached hydrogens (tertiary/aromatic N) is 1. The first-order valence-corrected chi connectivity index (χ1v) is 11.3. The van der Waals surface area contributed by atoms with Gasteiger partial charge in [0.15, 0.2) is 0 Å². The Morgan fingerprint density at radius 1 is 1.23 bits per heavy atom. The van der Waals surface area contributed by atoms with E-state index in [0.717, 1.165) is 17.4 Å². The van der Waals surface area contributed by atoms with Crippen LogP contribution < -0.4 is 15.4 Å². The number of hydrogen-bond acceptors (Lipinski definition) is 4. The third kappa shape index (κ3) is 7.72. The van der Waals surface area contributed by atoms with Gasteiger partial charge in [-0.15, -0.1) is 0 Å². The summed E-state index contributed by atoms with van der Waals surface area (Å²) in [4.78, 5) is 11.4. The van der Waals surface area contributed by atoms with Crippen LogP contribution in [0.1, 0.15) is 32.8 Å². The van der Waals surface area contributed by atoms with Crippen LogP contribution in [0.15, 0.2) is 48.6 Å². The van der Waals surface area contributed by atoms with Crippen molar-refractivity contribution in [2.24, 2.45) is 11.1 Å². The number of carbonyl (C=O) groups is 1. The van der Waals surface area contributed by atoms with Gasteiger partial charge in [-0.05, 0) is 56.8 Å². The maximum absolute atomic E-state index is 11.9. The summed E-state index contributed by atoms with van der Waals surface area (Å²) in [7, 11) is -4.68. The second kappa shape index (κ2) is 10.4. The Morgan fingerprint density at radius 2 is 1.90 bits per heavy atom. The van der Waals surface area contributed by atoms with Gasteiger partial charge in [0.1, 0.15) is 6.54 Å². The van der Waals surface area contributed by atoms with Crippen molar-refractivity contribution < 1.29 is 17.8 Å². The van der Waals surface area contributed by atoms with Gasteiger partial charge in [-0.2, -0.15) is 8.42 Å². The van der Waals surface area contributed by atoms with Gasteiger partial charge >= 0.3 is 10.3 Å². The number of carbonyl (C=O) groups excluding carboxylic acids is 1. The van der Waals surface area contributed by atoms with Gasteiger partial charge in [0.05, 0.1) is 5.69 Å². The Hall–Kier alpha value is -2.86. The minimum Gasteiger partial charge on any atom is -0.368 e. The van der Waals surface area contributed by atoms with Gasteiger partial charge < -0.3 is 11.1 Å². The predicted octanol–water partition coefficient (Wildman–Crippen LogP) is 3.02. The van der Waals surface area contributed by atoms with Gasteiger partial charge in [0, 0.05) is 17.3 Å². The number of benzene rings is 2. The zero-order valence-corrected chi connectivity index (χ0v) is 18.9. The number of primary amides is 1. The number of anilines is 1. The molecule has 8 heteroatoms. The van der Waals surface area contributed by atoms with E-state index in [2.05, 4.69) is 37.9 Å². The van der Waals surface area contributed by atoms with Gasteiger partial charge in [-0.25, -0.2) is 4.31 Å². The van der Waals surface area contributed by atoms with Crippen LogP contribution in [0, 0.1) is 17.3 Å². The number of amides is 1. The highest BCUT2D eigenvalue weighted by atomic mass is 32.2. The summed E-state index contributed by atoms with van der Waals surface area (Å²) in [5, 5.41) is 4.74. The quantitative estimate of drug-likeness (QED) is 0.313. The summed E-state index contributed by atoms with van der Waals surface area (Å²) < 4.78 is 34.1. The van der Waals surface area contributed by atoms with Crippen molar-refractivity contribution in [3.8, 4) is 11.8 Å². The normalized spacial score (nSPS) is 12.0. The molecule has 0 atom stereocenters. The van der Waals surface area contributed by atoms with Crippen molar-refractivity contribution in [2.75, 3.05) is 17.4 Å². The molecule has 166 valence electrons. The molecule has 0 radical (unpaired) electrons. The molecule has 0 aliphatic rings. The molecule has 0 aliphatic heterocycles. The molecule has 0 saturated heterocycles. The smallest absolute Gasteiger partial charge is 0.360 e. The minimum absolute atomic E-state index is 0.0287. The molecule has 0 bridgehead atoms. The first kappa shape index (κ1) is 24.4. The third-order valence-corrected chi connectivity index (χ3v) is 5.15. The Morgan fingerprint density at radius 3 is 2.52 bits per heavy atom. The van der Waals surface area contributed by atoms with Gasteiger partial charge in [-0.3, -0.25) is 9.35 Å². The fourth-order valence-corrected chi connectivity index (χ4v) is 3.69. The maximum atomic E-state index is 11.9. The first-order valence-electron chi connectivity index (χ1n) is 9.91. The average Bonchev–Trinajstić information content (AvgIpc) is 2.66. The van der Waals surface area contributed by atoms with E-state index >= 15 is 0 Å². The number of nitrogens with two attached hydrogens (primary N) is 1. The Balaban J connectivity index is 2.21. The Kier molecular flexibility index (Phi) is 8.22. The highest BCUT2D eigenvalue weighted by Gasteiger charge is 2.24. The Bertz CT molecular complexity index is 1120. The molecule has 0 fully saturated rings. The van der Waals surface area contributed by atoms with E-state index in [0.29, 0.717) is 22.8 Å². The lowest BCUT2D eigenvalue weighted by Crippen LogP contribution is -2.38. The lowest BCUT2D eigenvalue weighted by molar-refractivity contribution is -0.116. The van der Waals surface area contributed by atoms with E-state index in [-0.39, 0.29) is 11.1 Å². The first-order chi connectivity index (χ1) is 14.5. The van der Waals surface area contributed by atoms with E-state index in [1.807, 2.05) is 36.4 Å². The fourth-order valence-electron chi connectivity index (χ4n) is 2.99. The van der Waals surface area contributed by atoms with E-state index < -0.39 is 22.8 Å². The molecule has 2 aromatic carbocycles. The van der Waals surface area contributed by atoms with Crippen molar-refractivity contribution in [2.45, 2.75) is 33.7 Å². The monoisotopic (exact) mass is 443 g/mol. The topological polar surface area (TPSA) is 113 Å². The molecule has 0 saturated carbocycles. The minimum atomic E-state index is -4.68. The van der Waals surface area contributed by atoms with Gasteiger partial charge in [0.2, 0.25) is 5.91 Å². The summed E-state index contributed by atoms with van der Waals surface area (Å²) in [6.45, 7) is 6.70. The molecule has 2 rings (SSSR count). The highest BCUT2D eigenvalue weighted by Crippen LogP contribution is 2.31. The van der Waals surface area contributed by atoms with Crippen LogP contribution in [0.4, 0.5) is 5.69 Å². The summed E-state index contributed by atoms with van der Waals surface area (Å²) in [5.41, 5.74) is 6.21. The standard InChI is InChI=1S/C23H29N3O4S/c1-23(2,3)14-6-4-5-7-15-25-16-19-12-8-10-18-11-9-13-20(22(18)19)26(17-21(24)27)31(28,29)30/h4-5,8-13,25H,7,15-17H2,1-3H3,(H2,24,27)(H,28,29,30)/b5-4+. The molecule has 0 unspecified atom stereocenters. The largest absolute Gasteiger partial charge is 0.368 e.